The van der Waals surface area contributed by atoms with Crippen LogP contribution in [0.4, 0.5) is 17.3 Å². The first-order valence-electron chi connectivity index (χ1n) is 6.97. The van der Waals surface area contributed by atoms with Crippen molar-refractivity contribution in [2.45, 2.75) is 6.92 Å². The van der Waals surface area contributed by atoms with Gasteiger partial charge in [-0.1, -0.05) is 23.7 Å². The molecule has 0 radical (unpaired) electrons. The first-order chi connectivity index (χ1) is 10.1. The molecule has 1 aromatic heterocycles. The number of anilines is 3. The average Bonchev–Trinajstić information content (AvgIpc) is 2.50. The Balaban J connectivity index is 1.72. The third kappa shape index (κ3) is 2.88. The van der Waals surface area contributed by atoms with Crippen molar-refractivity contribution in [3.63, 3.8) is 0 Å². The van der Waals surface area contributed by atoms with Crippen LogP contribution in [0.25, 0.3) is 0 Å². The van der Waals surface area contributed by atoms with Gasteiger partial charge in [0.25, 0.3) is 0 Å². The van der Waals surface area contributed by atoms with Crippen molar-refractivity contribution in [2.75, 3.05) is 41.7 Å². The fraction of sp³-hybridized carbons (Fsp3) is 0.333. The molecule has 2 heterocycles. The van der Waals surface area contributed by atoms with E-state index in [1.54, 1.807) is 0 Å². The molecule has 0 aliphatic carbocycles. The van der Waals surface area contributed by atoms with Gasteiger partial charge in [0.15, 0.2) is 5.82 Å². The van der Waals surface area contributed by atoms with E-state index in [1.165, 1.54) is 17.6 Å². The smallest absolute Gasteiger partial charge is 0.153 e. The van der Waals surface area contributed by atoms with Gasteiger partial charge in [-0.2, -0.15) is 0 Å². The maximum absolute atomic E-state index is 6.20. The van der Waals surface area contributed by atoms with Crippen LogP contribution >= 0.6 is 11.6 Å². The third-order valence-corrected chi connectivity index (χ3v) is 4.11. The van der Waals surface area contributed by atoms with Gasteiger partial charge in [-0.15, -0.1) is 0 Å². The number of nitrogens with two attached hydrogens (primary N) is 1. The minimum absolute atomic E-state index is 0.336. The van der Waals surface area contributed by atoms with Crippen molar-refractivity contribution >= 4 is 28.9 Å². The highest BCUT2D eigenvalue weighted by Crippen LogP contribution is 2.28. The van der Waals surface area contributed by atoms with Crippen LogP contribution in [0.2, 0.25) is 5.02 Å². The summed E-state index contributed by atoms with van der Waals surface area (Å²) < 4.78 is 0. The van der Waals surface area contributed by atoms with Gasteiger partial charge in [-0.05, 0) is 24.6 Å². The van der Waals surface area contributed by atoms with Crippen molar-refractivity contribution in [3.05, 3.63) is 41.2 Å². The lowest BCUT2D eigenvalue weighted by Crippen LogP contribution is -2.47. The Morgan fingerprint density at radius 3 is 2.52 bits per heavy atom. The van der Waals surface area contributed by atoms with Gasteiger partial charge >= 0.3 is 0 Å². The number of hydrogen-bond acceptors (Lipinski definition) is 5. The number of benzene rings is 1. The first kappa shape index (κ1) is 13.9. The molecule has 2 N–H and O–H groups in total. The first-order valence-corrected chi connectivity index (χ1v) is 7.35. The lowest BCUT2D eigenvalue weighted by atomic mass is 10.2. The molecule has 1 aromatic carbocycles. The van der Waals surface area contributed by atoms with Crippen molar-refractivity contribution in [1.29, 1.82) is 0 Å². The van der Waals surface area contributed by atoms with E-state index in [0.29, 0.717) is 10.8 Å². The summed E-state index contributed by atoms with van der Waals surface area (Å²) in [5, 5.41) is 0.446. The van der Waals surface area contributed by atoms with Gasteiger partial charge in [0, 0.05) is 31.9 Å². The molecule has 3 rings (SSSR count). The van der Waals surface area contributed by atoms with Crippen LogP contribution in [0.5, 0.6) is 0 Å². The highest BCUT2D eigenvalue weighted by molar-refractivity contribution is 6.35. The van der Waals surface area contributed by atoms with E-state index < -0.39 is 0 Å². The molecule has 2 aromatic rings. The molecule has 6 heteroatoms. The largest absolute Gasteiger partial charge is 0.382 e. The molecule has 0 bridgehead atoms. The molecule has 1 saturated heterocycles. The monoisotopic (exact) mass is 303 g/mol. The van der Waals surface area contributed by atoms with Crippen LogP contribution in [0.15, 0.2) is 30.6 Å². The molecular weight excluding hydrogens is 286 g/mol. The fourth-order valence-electron chi connectivity index (χ4n) is 2.60. The van der Waals surface area contributed by atoms with Crippen molar-refractivity contribution in [3.8, 4) is 0 Å². The summed E-state index contributed by atoms with van der Waals surface area (Å²) >= 11 is 6.20. The molecule has 0 atom stereocenters. The van der Waals surface area contributed by atoms with Crippen LogP contribution in [0, 0.1) is 6.92 Å². The summed E-state index contributed by atoms with van der Waals surface area (Å²) in [6.45, 7) is 5.71. The standard InChI is InChI=1S/C15H18ClN5/c1-11-3-2-4-12(9-11)20-5-7-21(8-6-20)15-13(16)14(17)18-10-19-15/h2-4,9-10H,5-8H2,1H3,(H2,17,18,19). The summed E-state index contributed by atoms with van der Waals surface area (Å²) in [6, 6.07) is 8.58. The maximum Gasteiger partial charge on any atom is 0.153 e. The van der Waals surface area contributed by atoms with Gasteiger partial charge in [0.05, 0.1) is 0 Å². The zero-order valence-electron chi connectivity index (χ0n) is 12.0. The van der Waals surface area contributed by atoms with E-state index in [4.69, 9.17) is 17.3 Å². The molecule has 0 saturated carbocycles. The molecule has 5 nitrogen and oxygen atoms in total. The summed E-state index contributed by atoms with van der Waals surface area (Å²) in [6.07, 6.45) is 1.46. The SMILES string of the molecule is Cc1cccc(N2CCN(c3ncnc(N)c3Cl)CC2)c1. The third-order valence-electron chi connectivity index (χ3n) is 3.74. The summed E-state index contributed by atoms with van der Waals surface area (Å²) in [5.41, 5.74) is 8.29. The van der Waals surface area contributed by atoms with Gasteiger partial charge in [0.2, 0.25) is 0 Å². The number of nitrogen functional groups attached to an aromatic ring is 1. The van der Waals surface area contributed by atoms with Crippen LogP contribution < -0.4 is 15.5 Å². The lowest BCUT2D eigenvalue weighted by molar-refractivity contribution is 0.647. The van der Waals surface area contributed by atoms with E-state index in [-0.39, 0.29) is 0 Å². The van der Waals surface area contributed by atoms with E-state index in [0.717, 1.165) is 32.0 Å². The summed E-state index contributed by atoms with van der Waals surface area (Å²) in [7, 11) is 0. The second kappa shape index (κ2) is 5.77. The normalized spacial score (nSPS) is 15.3. The van der Waals surface area contributed by atoms with Crippen molar-refractivity contribution in [1.82, 2.24) is 9.97 Å². The van der Waals surface area contributed by atoms with E-state index >= 15 is 0 Å². The number of rotatable bonds is 2. The number of piperazine rings is 1. The van der Waals surface area contributed by atoms with Crippen LogP contribution in [-0.2, 0) is 0 Å². The molecule has 1 fully saturated rings. The van der Waals surface area contributed by atoms with Gasteiger partial charge in [-0.25, -0.2) is 9.97 Å². The molecule has 21 heavy (non-hydrogen) atoms. The van der Waals surface area contributed by atoms with Crippen LogP contribution in [-0.4, -0.2) is 36.1 Å². The number of aromatic nitrogens is 2. The predicted octanol–water partition coefficient (Wildman–Crippen LogP) is 2.35. The predicted molar refractivity (Wildman–Crippen MR) is 87.1 cm³/mol. The highest BCUT2D eigenvalue weighted by Gasteiger charge is 2.21. The number of hydrogen-bond donors (Lipinski definition) is 1. The van der Waals surface area contributed by atoms with Gasteiger partial charge in [-0.3, -0.25) is 0 Å². The minimum Gasteiger partial charge on any atom is -0.382 e. The lowest BCUT2D eigenvalue weighted by Gasteiger charge is -2.37. The molecule has 1 aliphatic heterocycles. The maximum atomic E-state index is 6.20. The quantitative estimate of drug-likeness (QED) is 0.923. The molecule has 110 valence electrons. The molecule has 0 spiro atoms. The minimum atomic E-state index is 0.336. The average molecular weight is 304 g/mol. The van der Waals surface area contributed by atoms with E-state index in [1.807, 2.05) is 0 Å². The Labute approximate surface area is 129 Å². The number of halogens is 1. The zero-order valence-corrected chi connectivity index (χ0v) is 12.7. The number of nitrogens with zero attached hydrogens (tertiary/aromatic N) is 4. The Kier molecular flexibility index (Phi) is 3.84. The van der Waals surface area contributed by atoms with Gasteiger partial charge < -0.3 is 15.5 Å². The van der Waals surface area contributed by atoms with E-state index in [2.05, 4.69) is 51.0 Å². The topological polar surface area (TPSA) is 58.3 Å². The fourth-order valence-corrected chi connectivity index (χ4v) is 2.81. The Morgan fingerprint density at radius 1 is 1.10 bits per heavy atom. The summed E-state index contributed by atoms with van der Waals surface area (Å²) in [5.74, 6) is 1.07. The van der Waals surface area contributed by atoms with E-state index in [9.17, 15) is 0 Å². The second-order valence-electron chi connectivity index (χ2n) is 5.21. The zero-order chi connectivity index (χ0) is 14.8. The molecular formula is C15H18ClN5. The van der Waals surface area contributed by atoms with Crippen LogP contribution in [0.3, 0.4) is 0 Å². The van der Waals surface area contributed by atoms with Gasteiger partial charge in [0.1, 0.15) is 17.2 Å². The summed E-state index contributed by atoms with van der Waals surface area (Å²) in [4.78, 5) is 12.7. The highest BCUT2D eigenvalue weighted by atomic mass is 35.5. The van der Waals surface area contributed by atoms with Crippen molar-refractivity contribution in [2.24, 2.45) is 0 Å². The molecule has 0 amide bonds. The second-order valence-corrected chi connectivity index (χ2v) is 5.59. The number of aryl methyl sites for hydroxylation is 1. The van der Waals surface area contributed by atoms with Crippen molar-refractivity contribution < 1.29 is 0 Å². The molecule has 1 aliphatic rings. The molecule has 0 unspecified atom stereocenters. The Morgan fingerprint density at radius 2 is 1.81 bits per heavy atom. The Bertz CT molecular complexity index is 638. The Hall–Kier alpha value is -2.01. The van der Waals surface area contributed by atoms with Crippen LogP contribution in [0.1, 0.15) is 5.56 Å².